The highest BCUT2D eigenvalue weighted by atomic mass is 16.1. The van der Waals surface area contributed by atoms with Crippen molar-refractivity contribution < 1.29 is 4.79 Å². The van der Waals surface area contributed by atoms with E-state index in [1.54, 1.807) is 0 Å². The van der Waals surface area contributed by atoms with Gasteiger partial charge in [0, 0.05) is 24.7 Å². The van der Waals surface area contributed by atoms with Crippen molar-refractivity contribution in [1.29, 1.82) is 0 Å². The average Bonchev–Trinajstić information content (AvgIpc) is 2.74. The van der Waals surface area contributed by atoms with Crippen LogP contribution >= 0.6 is 0 Å². The summed E-state index contributed by atoms with van der Waals surface area (Å²) >= 11 is 0. The summed E-state index contributed by atoms with van der Waals surface area (Å²) in [5.74, 6) is 0. The van der Waals surface area contributed by atoms with Gasteiger partial charge in [0.1, 0.15) is 6.29 Å². The van der Waals surface area contributed by atoms with Gasteiger partial charge in [0.25, 0.3) is 0 Å². The molecular weight excluding hydrogens is 330 g/mol. The van der Waals surface area contributed by atoms with E-state index in [2.05, 4.69) is 77.7 Å². The largest absolute Gasteiger partial charge is 0.298 e. The minimum absolute atomic E-state index is 0.514. The first-order valence-corrected chi connectivity index (χ1v) is 9.71. The monoisotopic (exact) mass is 355 g/mol. The molecule has 2 nitrogen and oxygen atoms in total. The molecule has 0 bridgehead atoms. The van der Waals surface area contributed by atoms with Crippen molar-refractivity contribution >= 4 is 6.29 Å². The van der Waals surface area contributed by atoms with E-state index in [1.165, 1.54) is 22.3 Å². The molecule has 0 heterocycles. The molecule has 2 heteroatoms. The lowest BCUT2D eigenvalue weighted by atomic mass is 9.86. The number of hydrogen-bond acceptors (Lipinski definition) is 2. The van der Waals surface area contributed by atoms with Crippen molar-refractivity contribution in [3.63, 3.8) is 0 Å². The first-order chi connectivity index (χ1) is 13.3. The summed E-state index contributed by atoms with van der Waals surface area (Å²) in [5, 5.41) is 0. The highest BCUT2D eigenvalue weighted by molar-refractivity contribution is 5.75. The molecule has 0 radical (unpaired) electrons. The molecule has 0 aliphatic heterocycles. The van der Waals surface area contributed by atoms with Crippen LogP contribution < -0.4 is 0 Å². The first-order valence-electron chi connectivity index (χ1n) is 9.71. The molecule has 1 aliphatic carbocycles. The molecule has 0 aromatic heterocycles. The minimum atomic E-state index is 0.514. The zero-order valence-electron chi connectivity index (χ0n) is 15.6. The van der Waals surface area contributed by atoms with E-state index < -0.39 is 0 Å². The maximum atomic E-state index is 11.1. The molecule has 0 saturated heterocycles. The van der Waals surface area contributed by atoms with Crippen LogP contribution in [-0.2, 0) is 25.9 Å². The van der Waals surface area contributed by atoms with Gasteiger partial charge in [0.05, 0.1) is 0 Å². The Bertz CT molecular complexity index is 847. The molecular formula is C25H25NO. The highest BCUT2D eigenvalue weighted by Crippen LogP contribution is 2.27. The molecule has 0 amide bonds. The van der Waals surface area contributed by atoms with Gasteiger partial charge in [0.15, 0.2) is 0 Å². The molecule has 0 fully saturated rings. The number of fused-ring (bicyclic) bond motifs is 1. The van der Waals surface area contributed by atoms with Crippen molar-refractivity contribution in [1.82, 2.24) is 4.90 Å². The zero-order valence-corrected chi connectivity index (χ0v) is 15.6. The number of carbonyl (C=O) groups excluding carboxylic acids is 1. The maximum absolute atomic E-state index is 11.1. The quantitative estimate of drug-likeness (QED) is 0.576. The second kappa shape index (κ2) is 8.32. The van der Waals surface area contributed by atoms with Gasteiger partial charge >= 0.3 is 0 Å². The SMILES string of the molecule is O=Cc1ccc2c(c1)CCC(N(Cc1ccccc1)Cc1ccccc1)C2. The Labute approximate surface area is 161 Å². The van der Waals surface area contributed by atoms with Gasteiger partial charge in [-0.25, -0.2) is 0 Å². The van der Waals surface area contributed by atoms with Crippen LogP contribution in [-0.4, -0.2) is 17.2 Å². The van der Waals surface area contributed by atoms with Gasteiger partial charge < -0.3 is 0 Å². The maximum Gasteiger partial charge on any atom is 0.150 e. The molecule has 0 saturated carbocycles. The number of benzene rings is 3. The fraction of sp³-hybridized carbons (Fsp3) is 0.240. The first kappa shape index (κ1) is 17.7. The van der Waals surface area contributed by atoms with Crippen LogP contribution in [0.25, 0.3) is 0 Å². The van der Waals surface area contributed by atoms with E-state index in [0.717, 1.165) is 44.2 Å². The summed E-state index contributed by atoms with van der Waals surface area (Å²) in [6.45, 7) is 1.92. The summed E-state index contributed by atoms with van der Waals surface area (Å²) in [4.78, 5) is 13.7. The Hall–Kier alpha value is -2.71. The average molecular weight is 355 g/mol. The van der Waals surface area contributed by atoms with Gasteiger partial charge in [-0.1, -0.05) is 72.8 Å². The Morgan fingerprint density at radius 3 is 2.04 bits per heavy atom. The third-order valence-electron chi connectivity index (χ3n) is 5.54. The normalized spacial score (nSPS) is 16.1. The Balaban J connectivity index is 1.57. The topological polar surface area (TPSA) is 20.3 Å². The number of aryl methyl sites for hydroxylation is 1. The summed E-state index contributed by atoms with van der Waals surface area (Å²) in [6.07, 6.45) is 4.17. The third kappa shape index (κ3) is 4.35. The summed E-state index contributed by atoms with van der Waals surface area (Å²) in [5.41, 5.74) is 6.24. The second-order valence-electron chi connectivity index (χ2n) is 7.42. The van der Waals surface area contributed by atoms with Gasteiger partial charge in [-0.05, 0) is 47.6 Å². The van der Waals surface area contributed by atoms with Crippen LogP contribution in [0.3, 0.4) is 0 Å². The molecule has 1 aliphatic rings. The predicted molar refractivity (Wildman–Crippen MR) is 110 cm³/mol. The van der Waals surface area contributed by atoms with E-state index in [0.29, 0.717) is 6.04 Å². The van der Waals surface area contributed by atoms with E-state index in [9.17, 15) is 4.79 Å². The second-order valence-corrected chi connectivity index (χ2v) is 7.42. The Morgan fingerprint density at radius 1 is 0.815 bits per heavy atom. The van der Waals surface area contributed by atoms with Crippen molar-refractivity contribution in [3.05, 3.63) is 107 Å². The van der Waals surface area contributed by atoms with Crippen molar-refractivity contribution in [2.45, 2.75) is 38.4 Å². The van der Waals surface area contributed by atoms with E-state index in [1.807, 2.05) is 6.07 Å². The molecule has 1 unspecified atom stereocenters. The molecule has 136 valence electrons. The van der Waals surface area contributed by atoms with E-state index in [4.69, 9.17) is 0 Å². The smallest absolute Gasteiger partial charge is 0.150 e. The molecule has 4 rings (SSSR count). The molecule has 3 aromatic carbocycles. The lowest BCUT2D eigenvalue weighted by Gasteiger charge is -2.35. The molecule has 0 N–H and O–H groups in total. The lowest BCUT2D eigenvalue weighted by molar-refractivity contribution is 0.112. The van der Waals surface area contributed by atoms with Crippen molar-refractivity contribution in [2.24, 2.45) is 0 Å². The van der Waals surface area contributed by atoms with Gasteiger partial charge in [-0.2, -0.15) is 0 Å². The minimum Gasteiger partial charge on any atom is -0.298 e. The Kier molecular flexibility index (Phi) is 5.45. The number of hydrogen-bond donors (Lipinski definition) is 0. The summed E-state index contributed by atoms with van der Waals surface area (Å²) in [7, 11) is 0. The number of aldehydes is 1. The van der Waals surface area contributed by atoms with Crippen LogP contribution in [0.15, 0.2) is 78.9 Å². The molecule has 0 spiro atoms. The van der Waals surface area contributed by atoms with Crippen LogP contribution in [0.2, 0.25) is 0 Å². The number of carbonyl (C=O) groups is 1. The fourth-order valence-corrected chi connectivity index (χ4v) is 4.09. The lowest BCUT2D eigenvalue weighted by Crippen LogP contribution is -2.38. The van der Waals surface area contributed by atoms with Gasteiger partial charge in [-0.3, -0.25) is 9.69 Å². The standard InChI is InChI=1S/C25H25NO/c27-19-22-11-12-24-16-25(14-13-23(24)15-22)26(17-20-7-3-1-4-8-20)18-21-9-5-2-6-10-21/h1-12,15,19,25H,13-14,16-18H2. The number of nitrogens with zero attached hydrogens (tertiary/aromatic N) is 1. The fourth-order valence-electron chi connectivity index (χ4n) is 4.09. The van der Waals surface area contributed by atoms with Crippen LogP contribution in [0.1, 0.15) is 39.0 Å². The molecule has 27 heavy (non-hydrogen) atoms. The van der Waals surface area contributed by atoms with Crippen LogP contribution in [0, 0.1) is 0 Å². The van der Waals surface area contributed by atoms with E-state index >= 15 is 0 Å². The van der Waals surface area contributed by atoms with Crippen LogP contribution in [0.5, 0.6) is 0 Å². The van der Waals surface area contributed by atoms with Gasteiger partial charge in [-0.15, -0.1) is 0 Å². The Morgan fingerprint density at radius 2 is 1.44 bits per heavy atom. The van der Waals surface area contributed by atoms with Crippen molar-refractivity contribution in [2.75, 3.05) is 0 Å². The van der Waals surface area contributed by atoms with Crippen molar-refractivity contribution in [3.8, 4) is 0 Å². The van der Waals surface area contributed by atoms with Gasteiger partial charge in [0.2, 0.25) is 0 Å². The highest BCUT2D eigenvalue weighted by Gasteiger charge is 2.24. The van der Waals surface area contributed by atoms with Crippen LogP contribution in [0.4, 0.5) is 0 Å². The molecule has 3 aromatic rings. The zero-order chi connectivity index (χ0) is 18.5. The summed E-state index contributed by atoms with van der Waals surface area (Å²) in [6, 6.07) is 28.2. The molecule has 1 atom stereocenters. The summed E-state index contributed by atoms with van der Waals surface area (Å²) < 4.78 is 0. The predicted octanol–water partition coefficient (Wildman–Crippen LogP) is 5.06. The van der Waals surface area contributed by atoms with E-state index in [-0.39, 0.29) is 0 Å². The number of rotatable bonds is 6. The third-order valence-corrected chi connectivity index (χ3v) is 5.54.